The average molecular weight is 318 g/mol. The van der Waals surface area contributed by atoms with E-state index in [1.165, 1.54) is 0 Å². The van der Waals surface area contributed by atoms with Gasteiger partial charge in [-0.2, -0.15) is 5.10 Å². The maximum Gasteiger partial charge on any atom is 0.240 e. The highest BCUT2D eigenvalue weighted by molar-refractivity contribution is 7.21. The van der Waals surface area contributed by atoms with Gasteiger partial charge in [0.1, 0.15) is 0 Å². The lowest BCUT2D eigenvalue weighted by molar-refractivity contribution is -0.121. The largest absolute Gasteiger partial charge is 0.493 e. The second kappa shape index (κ2) is 5.96. The maximum absolute atomic E-state index is 11.4. The molecule has 116 valence electrons. The standard InChI is InChI=1S/C16H18N2O3S/c1-4-21-12-6-10-7-14(22-13(10)8-11(12)20-3)16-9(2)5-15(19)17-18-16/h6-9H,4-5H2,1-3H3,(H,17,19). The lowest BCUT2D eigenvalue weighted by Crippen LogP contribution is -2.31. The molecule has 5 nitrogen and oxygen atoms in total. The first kappa shape index (κ1) is 14.8. The predicted octanol–water partition coefficient (Wildman–Crippen LogP) is 3.17. The summed E-state index contributed by atoms with van der Waals surface area (Å²) in [5.74, 6) is 1.57. The number of hydrogen-bond donors (Lipinski definition) is 1. The molecule has 0 aliphatic carbocycles. The maximum atomic E-state index is 11.4. The zero-order chi connectivity index (χ0) is 15.7. The third-order valence-electron chi connectivity index (χ3n) is 3.61. The Balaban J connectivity index is 2.04. The number of ether oxygens (including phenoxy) is 2. The number of amides is 1. The molecule has 0 fully saturated rings. The number of carbonyl (C=O) groups excluding carboxylic acids is 1. The van der Waals surface area contributed by atoms with E-state index in [0.29, 0.717) is 13.0 Å². The van der Waals surface area contributed by atoms with Gasteiger partial charge < -0.3 is 9.47 Å². The SMILES string of the molecule is CCOc1cc2cc(C3=NNC(=O)CC3C)sc2cc1OC. The van der Waals surface area contributed by atoms with Crippen molar-refractivity contribution in [3.8, 4) is 11.5 Å². The van der Waals surface area contributed by atoms with Crippen LogP contribution >= 0.6 is 11.3 Å². The van der Waals surface area contributed by atoms with Crippen LogP contribution in [0.2, 0.25) is 0 Å². The van der Waals surface area contributed by atoms with E-state index < -0.39 is 0 Å². The summed E-state index contributed by atoms with van der Waals surface area (Å²) in [5, 5.41) is 5.32. The molecule has 22 heavy (non-hydrogen) atoms. The molecule has 1 unspecified atom stereocenters. The number of fused-ring (bicyclic) bond motifs is 1. The van der Waals surface area contributed by atoms with E-state index in [1.807, 2.05) is 26.0 Å². The van der Waals surface area contributed by atoms with Crippen molar-refractivity contribution in [2.24, 2.45) is 11.0 Å². The highest BCUT2D eigenvalue weighted by atomic mass is 32.1. The quantitative estimate of drug-likeness (QED) is 0.942. The minimum absolute atomic E-state index is 0.0299. The average Bonchev–Trinajstić information content (AvgIpc) is 2.89. The zero-order valence-corrected chi connectivity index (χ0v) is 13.6. The molecule has 1 aromatic carbocycles. The second-order valence-electron chi connectivity index (χ2n) is 5.22. The normalized spacial score (nSPS) is 18.0. The number of carbonyl (C=O) groups is 1. The molecule has 2 aromatic rings. The molecule has 1 aliphatic rings. The number of hydrogen-bond acceptors (Lipinski definition) is 5. The first-order chi connectivity index (χ1) is 10.6. The topological polar surface area (TPSA) is 59.9 Å². The molecule has 2 heterocycles. The summed E-state index contributed by atoms with van der Waals surface area (Å²) in [6.07, 6.45) is 0.473. The van der Waals surface area contributed by atoms with Crippen molar-refractivity contribution in [2.45, 2.75) is 20.3 Å². The fourth-order valence-corrected chi connectivity index (χ4v) is 3.73. The van der Waals surface area contributed by atoms with Crippen LogP contribution in [0.5, 0.6) is 11.5 Å². The van der Waals surface area contributed by atoms with Crippen LogP contribution < -0.4 is 14.9 Å². The van der Waals surface area contributed by atoms with Crippen LogP contribution in [-0.2, 0) is 4.79 Å². The van der Waals surface area contributed by atoms with E-state index in [2.05, 4.69) is 16.6 Å². The van der Waals surface area contributed by atoms with Gasteiger partial charge in [-0.1, -0.05) is 6.92 Å². The van der Waals surface area contributed by atoms with Crippen molar-refractivity contribution < 1.29 is 14.3 Å². The van der Waals surface area contributed by atoms with Gasteiger partial charge in [0.05, 0.1) is 24.3 Å². The second-order valence-corrected chi connectivity index (χ2v) is 6.31. The smallest absolute Gasteiger partial charge is 0.240 e. The minimum atomic E-state index is -0.0299. The van der Waals surface area contributed by atoms with E-state index in [1.54, 1.807) is 18.4 Å². The Morgan fingerprint density at radius 2 is 2.18 bits per heavy atom. The monoisotopic (exact) mass is 318 g/mol. The summed E-state index contributed by atoms with van der Waals surface area (Å²) in [7, 11) is 1.64. The summed E-state index contributed by atoms with van der Waals surface area (Å²) in [4.78, 5) is 12.4. The number of nitrogens with zero attached hydrogens (tertiary/aromatic N) is 1. The highest BCUT2D eigenvalue weighted by Crippen LogP contribution is 2.37. The Labute approximate surface area is 132 Å². The summed E-state index contributed by atoms with van der Waals surface area (Å²) in [6.45, 7) is 4.56. The molecule has 3 rings (SSSR count). The number of thiophene rings is 1. The van der Waals surface area contributed by atoms with Gasteiger partial charge in [-0.25, -0.2) is 5.43 Å². The first-order valence-electron chi connectivity index (χ1n) is 7.23. The molecular formula is C16H18N2O3S. The van der Waals surface area contributed by atoms with Crippen LogP contribution in [0.4, 0.5) is 0 Å². The Morgan fingerprint density at radius 1 is 1.36 bits per heavy atom. The molecule has 1 amide bonds. The number of nitrogens with one attached hydrogen (secondary N) is 1. The highest BCUT2D eigenvalue weighted by Gasteiger charge is 2.23. The van der Waals surface area contributed by atoms with E-state index in [-0.39, 0.29) is 11.8 Å². The van der Waals surface area contributed by atoms with Gasteiger partial charge in [0, 0.05) is 23.1 Å². The van der Waals surface area contributed by atoms with Crippen molar-refractivity contribution in [3.63, 3.8) is 0 Å². The van der Waals surface area contributed by atoms with Crippen molar-refractivity contribution in [1.29, 1.82) is 0 Å². The molecule has 0 bridgehead atoms. The molecule has 0 spiro atoms. The van der Waals surface area contributed by atoms with E-state index in [4.69, 9.17) is 9.47 Å². The third kappa shape index (κ3) is 2.66. The van der Waals surface area contributed by atoms with Crippen LogP contribution in [0.3, 0.4) is 0 Å². The van der Waals surface area contributed by atoms with Gasteiger partial charge in [-0.05, 0) is 24.4 Å². The molecule has 1 aliphatic heterocycles. The summed E-state index contributed by atoms with van der Waals surface area (Å²) in [5.41, 5.74) is 3.49. The number of benzene rings is 1. The molecule has 0 saturated heterocycles. The summed E-state index contributed by atoms with van der Waals surface area (Å²) in [6, 6.07) is 6.07. The van der Waals surface area contributed by atoms with Gasteiger partial charge in [0.2, 0.25) is 5.91 Å². The molecule has 0 saturated carbocycles. The number of methoxy groups -OCH3 is 1. The van der Waals surface area contributed by atoms with E-state index in [9.17, 15) is 4.79 Å². The van der Waals surface area contributed by atoms with Gasteiger partial charge in [-0.15, -0.1) is 11.3 Å². The molecule has 0 radical (unpaired) electrons. The minimum Gasteiger partial charge on any atom is -0.493 e. The van der Waals surface area contributed by atoms with Crippen LogP contribution in [0.1, 0.15) is 25.1 Å². The molecule has 1 aromatic heterocycles. The number of rotatable bonds is 4. The van der Waals surface area contributed by atoms with Gasteiger partial charge in [0.25, 0.3) is 0 Å². The van der Waals surface area contributed by atoms with Crippen molar-refractivity contribution in [2.75, 3.05) is 13.7 Å². The van der Waals surface area contributed by atoms with Gasteiger partial charge >= 0.3 is 0 Å². The lowest BCUT2D eigenvalue weighted by atomic mass is 9.99. The van der Waals surface area contributed by atoms with Crippen LogP contribution in [-0.4, -0.2) is 25.3 Å². The lowest BCUT2D eigenvalue weighted by Gasteiger charge is -2.17. The molecule has 1 N–H and O–H groups in total. The van der Waals surface area contributed by atoms with Crippen molar-refractivity contribution in [3.05, 3.63) is 23.1 Å². The van der Waals surface area contributed by atoms with Gasteiger partial charge in [-0.3, -0.25) is 4.79 Å². The fourth-order valence-electron chi connectivity index (χ4n) is 2.55. The van der Waals surface area contributed by atoms with E-state index in [0.717, 1.165) is 32.2 Å². The fraction of sp³-hybridized carbons (Fsp3) is 0.375. The Morgan fingerprint density at radius 3 is 2.86 bits per heavy atom. The third-order valence-corrected chi connectivity index (χ3v) is 4.73. The van der Waals surface area contributed by atoms with Crippen molar-refractivity contribution >= 4 is 33.0 Å². The molecule has 6 heteroatoms. The Bertz CT molecular complexity index is 751. The Hall–Kier alpha value is -2.08. The van der Waals surface area contributed by atoms with Crippen LogP contribution in [0, 0.1) is 5.92 Å². The summed E-state index contributed by atoms with van der Waals surface area (Å²) < 4.78 is 12.1. The Kier molecular flexibility index (Phi) is 4.02. The van der Waals surface area contributed by atoms with Gasteiger partial charge in [0.15, 0.2) is 11.5 Å². The molecular weight excluding hydrogens is 300 g/mol. The zero-order valence-electron chi connectivity index (χ0n) is 12.8. The van der Waals surface area contributed by atoms with E-state index >= 15 is 0 Å². The molecule has 1 atom stereocenters. The first-order valence-corrected chi connectivity index (χ1v) is 8.05. The van der Waals surface area contributed by atoms with Crippen LogP contribution in [0.15, 0.2) is 23.3 Å². The number of hydrazone groups is 1. The van der Waals surface area contributed by atoms with Crippen molar-refractivity contribution in [1.82, 2.24) is 5.43 Å². The predicted molar refractivity (Wildman–Crippen MR) is 88.0 cm³/mol. The van der Waals surface area contributed by atoms with Crippen LogP contribution in [0.25, 0.3) is 10.1 Å². The summed E-state index contributed by atoms with van der Waals surface area (Å²) >= 11 is 1.65.